The van der Waals surface area contributed by atoms with Crippen LogP contribution in [-0.2, 0) is 4.74 Å². The van der Waals surface area contributed by atoms with Gasteiger partial charge in [0, 0.05) is 11.5 Å². The van der Waals surface area contributed by atoms with E-state index in [9.17, 15) is 5.11 Å². The highest BCUT2D eigenvalue weighted by Gasteiger charge is 2.38. The molecule has 1 heterocycles. The summed E-state index contributed by atoms with van der Waals surface area (Å²) in [5.74, 6) is 2.04. The van der Waals surface area contributed by atoms with Gasteiger partial charge in [-0.2, -0.15) is 0 Å². The predicted octanol–water partition coefficient (Wildman–Crippen LogP) is 3.68. The normalized spacial score (nSPS) is 35.1. The van der Waals surface area contributed by atoms with Crippen molar-refractivity contribution in [3.8, 4) is 5.75 Å². The molecule has 1 N–H and O–H groups in total. The van der Waals surface area contributed by atoms with Crippen LogP contribution in [0.3, 0.4) is 0 Å². The Kier molecular flexibility index (Phi) is 2.90. The molecule has 0 saturated carbocycles. The lowest BCUT2D eigenvalue weighted by molar-refractivity contribution is -0.0627. The van der Waals surface area contributed by atoms with Crippen molar-refractivity contribution in [2.75, 3.05) is 6.61 Å². The molecule has 1 aliphatic carbocycles. The van der Waals surface area contributed by atoms with Crippen molar-refractivity contribution in [3.63, 3.8) is 0 Å². The van der Waals surface area contributed by atoms with Crippen LogP contribution in [0, 0.1) is 17.8 Å². The Morgan fingerprint density at radius 3 is 2.83 bits per heavy atom. The van der Waals surface area contributed by atoms with Crippen molar-refractivity contribution in [1.29, 1.82) is 0 Å². The van der Waals surface area contributed by atoms with Gasteiger partial charge in [-0.05, 0) is 31.2 Å². The van der Waals surface area contributed by atoms with Crippen LogP contribution in [-0.4, -0.2) is 11.7 Å². The van der Waals surface area contributed by atoms with Crippen molar-refractivity contribution < 1.29 is 9.84 Å². The number of benzene rings is 1. The first-order valence-electron chi connectivity index (χ1n) is 6.74. The predicted molar refractivity (Wildman–Crippen MR) is 71.3 cm³/mol. The smallest absolute Gasteiger partial charge is 0.121 e. The Bertz CT molecular complexity index is 478. The van der Waals surface area contributed by atoms with E-state index in [4.69, 9.17) is 4.74 Å². The molecule has 96 valence electrons. The van der Waals surface area contributed by atoms with Crippen LogP contribution in [0.4, 0.5) is 0 Å². The van der Waals surface area contributed by atoms with Crippen LogP contribution in [0.25, 0.3) is 0 Å². The second-order valence-corrected chi connectivity index (χ2v) is 5.68. The number of allylic oxidation sites excluding steroid dienone is 1. The summed E-state index contributed by atoms with van der Waals surface area (Å²) in [6.45, 7) is 5.27. The lowest BCUT2D eigenvalue weighted by atomic mass is 9.71. The molecule has 1 fully saturated rings. The minimum atomic E-state index is 0.0196. The first kappa shape index (κ1) is 11.8. The monoisotopic (exact) mass is 244 g/mol. The number of ether oxygens (including phenoxy) is 1. The highest BCUT2D eigenvalue weighted by Crippen LogP contribution is 2.47. The van der Waals surface area contributed by atoms with Crippen LogP contribution >= 0.6 is 0 Å². The van der Waals surface area contributed by atoms with Gasteiger partial charge in [0.1, 0.15) is 5.75 Å². The van der Waals surface area contributed by atoms with E-state index in [1.54, 1.807) is 6.07 Å². The van der Waals surface area contributed by atoms with E-state index in [1.807, 2.05) is 18.2 Å². The number of phenols is 1. The molecule has 2 bridgehead atoms. The largest absolute Gasteiger partial charge is 0.508 e. The van der Waals surface area contributed by atoms with E-state index in [1.165, 1.54) is 12.0 Å². The van der Waals surface area contributed by atoms with E-state index in [0.29, 0.717) is 23.5 Å². The molecule has 2 aliphatic rings. The molecule has 1 saturated heterocycles. The number of para-hydroxylation sites is 1. The van der Waals surface area contributed by atoms with Gasteiger partial charge in [-0.3, -0.25) is 0 Å². The average molecular weight is 244 g/mol. The number of rotatable bonds is 1. The van der Waals surface area contributed by atoms with Crippen molar-refractivity contribution in [2.24, 2.45) is 17.8 Å². The Labute approximate surface area is 108 Å². The topological polar surface area (TPSA) is 29.5 Å². The summed E-state index contributed by atoms with van der Waals surface area (Å²) in [6, 6.07) is 7.55. The molecule has 0 spiro atoms. The number of fused-ring (bicyclic) bond motifs is 2. The van der Waals surface area contributed by atoms with Crippen molar-refractivity contribution >= 4 is 0 Å². The van der Waals surface area contributed by atoms with Crippen molar-refractivity contribution in [2.45, 2.75) is 26.4 Å². The summed E-state index contributed by atoms with van der Waals surface area (Å²) in [5, 5.41) is 10.00. The van der Waals surface area contributed by atoms with Crippen LogP contribution in [0.15, 0.2) is 35.9 Å². The third kappa shape index (κ3) is 1.85. The van der Waals surface area contributed by atoms with Gasteiger partial charge in [0.15, 0.2) is 0 Å². The first-order valence-corrected chi connectivity index (χ1v) is 6.74. The summed E-state index contributed by atoms with van der Waals surface area (Å²) in [6.07, 6.45) is 3.59. The van der Waals surface area contributed by atoms with E-state index in [0.717, 1.165) is 12.2 Å². The zero-order chi connectivity index (χ0) is 12.7. The van der Waals surface area contributed by atoms with Crippen molar-refractivity contribution in [1.82, 2.24) is 0 Å². The zero-order valence-electron chi connectivity index (χ0n) is 11.0. The quantitative estimate of drug-likeness (QED) is 0.764. The van der Waals surface area contributed by atoms with E-state index >= 15 is 0 Å². The molecule has 2 nitrogen and oxygen atoms in total. The Morgan fingerprint density at radius 1 is 1.28 bits per heavy atom. The van der Waals surface area contributed by atoms with Crippen LogP contribution in [0.5, 0.6) is 5.75 Å². The lowest BCUT2D eigenvalue weighted by Crippen LogP contribution is -2.35. The number of hydrogen-bond donors (Lipinski definition) is 1. The summed E-state index contributed by atoms with van der Waals surface area (Å²) in [5.41, 5.74) is 2.34. The Hall–Kier alpha value is -1.28. The highest BCUT2D eigenvalue weighted by atomic mass is 16.5. The number of aromatic hydroxyl groups is 1. The van der Waals surface area contributed by atoms with Gasteiger partial charge in [0.25, 0.3) is 0 Å². The van der Waals surface area contributed by atoms with Gasteiger partial charge in [-0.15, -0.1) is 0 Å². The number of hydrogen-bond acceptors (Lipinski definition) is 2. The molecule has 1 aromatic carbocycles. The average Bonchev–Trinajstić information content (AvgIpc) is 2.37. The third-order valence-corrected chi connectivity index (χ3v) is 4.51. The molecule has 0 radical (unpaired) electrons. The lowest BCUT2D eigenvalue weighted by Gasteiger charge is -2.42. The summed E-state index contributed by atoms with van der Waals surface area (Å²) in [4.78, 5) is 0. The highest BCUT2D eigenvalue weighted by molar-refractivity contribution is 5.36. The zero-order valence-corrected chi connectivity index (χ0v) is 11.0. The summed E-state index contributed by atoms with van der Waals surface area (Å²) < 4.78 is 6.05. The van der Waals surface area contributed by atoms with Gasteiger partial charge in [-0.1, -0.05) is 36.8 Å². The van der Waals surface area contributed by atoms with E-state index < -0.39 is 0 Å². The van der Waals surface area contributed by atoms with Gasteiger partial charge in [0.05, 0.1) is 12.7 Å². The fourth-order valence-electron chi connectivity index (χ4n) is 3.36. The molecule has 0 aromatic heterocycles. The van der Waals surface area contributed by atoms with Crippen LogP contribution in [0.2, 0.25) is 0 Å². The molecule has 0 amide bonds. The van der Waals surface area contributed by atoms with Crippen LogP contribution < -0.4 is 0 Å². The van der Waals surface area contributed by atoms with Gasteiger partial charge in [-0.25, -0.2) is 0 Å². The molecule has 18 heavy (non-hydrogen) atoms. The van der Waals surface area contributed by atoms with Crippen LogP contribution in [0.1, 0.15) is 31.9 Å². The fraction of sp³-hybridized carbons (Fsp3) is 0.500. The summed E-state index contributed by atoms with van der Waals surface area (Å²) in [7, 11) is 0. The standard InChI is InChI=1S/C16H20O2/c1-10-7-11(2)14-8-12(10)9-18-16(14)13-5-3-4-6-15(13)17/h3-7,10,12,14,16-17H,8-9H2,1-2H3/t10-,12-,14-,16-/m1/s1. The maximum atomic E-state index is 10.00. The molecule has 1 aliphatic heterocycles. The van der Waals surface area contributed by atoms with Gasteiger partial charge >= 0.3 is 0 Å². The van der Waals surface area contributed by atoms with E-state index in [2.05, 4.69) is 19.9 Å². The molecule has 1 aromatic rings. The first-order chi connectivity index (χ1) is 8.66. The minimum Gasteiger partial charge on any atom is -0.508 e. The maximum Gasteiger partial charge on any atom is 0.121 e. The Balaban J connectivity index is 1.96. The second-order valence-electron chi connectivity index (χ2n) is 5.68. The molecule has 3 rings (SSSR count). The molecular weight excluding hydrogens is 224 g/mol. The molecular formula is C16H20O2. The number of phenolic OH excluding ortho intramolecular Hbond substituents is 1. The van der Waals surface area contributed by atoms with Gasteiger partial charge in [0.2, 0.25) is 0 Å². The molecule has 0 unspecified atom stereocenters. The van der Waals surface area contributed by atoms with Gasteiger partial charge < -0.3 is 9.84 Å². The fourth-order valence-corrected chi connectivity index (χ4v) is 3.36. The maximum absolute atomic E-state index is 10.00. The van der Waals surface area contributed by atoms with E-state index in [-0.39, 0.29) is 6.10 Å². The van der Waals surface area contributed by atoms with Crippen molar-refractivity contribution in [3.05, 3.63) is 41.5 Å². The minimum absolute atomic E-state index is 0.0196. The molecule has 4 atom stereocenters. The third-order valence-electron chi connectivity index (χ3n) is 4.51. The molecule has 2 heteroatoms. The summed E-state index contributed by atoms with van der Waals surface area (Å²) >= 11 is 0. The SMILES string of the molecule is CC1=C[C@@H](C)[C@H]2CO[C@H](c3ccccc3O)[C@@H]1C2. The Morgan fingerprint density at radius 2 is 2.06 bits per heavy atom. The second kappa shape index (κ2) is 4.43.